The van der Waals surface area contributed by atoms with E-state index in [9.17, 15) is 14.7 Å². The molecular formula is C21H21ClN2O4S. The lowest BCUT2D eigenvalue weighted by Crippen LogP contribution is -2.23. The monoisotopic (exact) mass is 432 g/mol. The maximum absolute atomic E-state index is 12.9. The molecule has 1 aliphatic carbocycles. The number of carbonyl (C=O) groups is 1. The Morgan fingerprint density at radius 2 is 2.17 bits per heavy atom. The van der Waals surface area contributed by atoms with E-state index in [1.807, 2.05) is 0 Å². The maximum atomic E-state index is 12.9. The summed E-state index contributed by atoms with van der Waals surface area (Å²) >= 11 is 7.60. The van der Waals surface area contributed by atoms with Gasteiger partial charge in [0.15, 0.2) is 0 Å². The lowest BCUT2D eigenvalue weighted by molar-refractivity contribution is 0.102. The number of H-pyrrole nitrogens is 1. The van der Waals surface area contributed by atoms with E-state index in [1.54, 1.807) is 19.1 Å². The van der Waals surface area contributed by atoms with Crippen LogP contribution in [-0.4, -0.2) is 23.1 Å². The molecule has 1 aliphatic rings. The van der Waals surface area contributed by atoms with E-state index in [1.165, 1.54) is 18.4 Å². The molecule has 1 atom stereocenters. The fourth-order valence-corrected chi connectivity index (χ4v) is 5.37. The van der Waals surface area contributed by atoms with Crippen LogP contribution in [0.1, 0.15) is 39.7 Å². The fourth-order valence-electron chi connectivity index (χ4n) is 3.81. The van der Waals surface area contributed by atoms with Crippen molar-refractivity contribution in [2.24, 2.45) is 5.92 Å². The van der Waals surface area contributed by atoms with Gasteiger partial charge in [-0.05, 0) is 49.3 Å². The highest BCUT2D eigenvalue weighted by atomic mass is 35.5. The predicted octanol–water partition coefficient (Wildman–Crippen LogP) is 4.64. The van der Waals surface area contributed by atoms with Crippen LogP contribution in [0.2, 0.25) is 5.02 Å². The van der Waals surface area contributed by atoms with Gasteiger partial charge in [0, 0.05) is 16.0 Å². The molecule has 6 nitrogen and oxygen atoms in total. The van der Waals surface area contributed by atoms with Crippen molar-refractivity contribution in [1.29, 1.82) is 0 Å². The molecule has 0 radical (unpaired) electrons. The summed E-state index contributed by atoms with van der Waals surface area (Å²) in [4.78, 5) is 30.1. The van der Waals surface area contributed by atoms with Crippen molar-refractivity contribution in [3.05, 3.63) is 49.1 Å². The number of benzene rings is 1. The van der Waals surface area contributed by atoms with Gasteiger partial charge in [0.25, 0.3) is 11.5 Å². The number of aromatic hydroxyl groups is 1. The van der Waals surface area contributed by atoms with Crippen molar-refractivity contribution in [3.8, 4) is 11.5 Å². The average molecular weight is 433 g/mol. The number of anilines is 1. The SMILES string of the molecule is COc1cc(Cl)c(C)cc1NC(=O)c1c(O)c2c3c(sc2[nH]c1=O)C[C@@H](C)CC3. The minimum atomic E-state index is -0.699. The Hall–Kier alpha value is -2.51. The maximum Gasteiger partial charge on any atom is 0.265 e. The van der Waals surface area contributed by atoms with Crippen LogP contribution >= 0.6 is 22.9 Å². The number of aryl methyl sites for hydroxylation is 2. The number of fused-ring (bicyclic) bond motifs is 3. The number of pyridine rings is 1. The highest BCUT2D eigenvalue weighted by Crippen LogP contribution is 2.41. The Bertz CT molecular complexity index is 1200. The molecule has 0 saturated heterocycles. The number of nitrogens with one attached hydrogen (secondary N) is 2. The van der Waals surface area contributed by atoms with Crippen LogP contribution in [-0.2, 0) is 12.8 Å². The highest BCUT2D eigenvalue weighted by Gasteiger charge is 2.27. The number of hydrogen-bond donors (Lipinski definition) is 3. The Balaban J connectivity index is 1.79. The number of aromatic amines is 1. The second-order valence-electron chi connectivity index (χ2n) is 7.49. The molecule has 29 heavy (non-hydrogen) atoms. The first kappa shape index (κ1) is 19.8. The number of amides is 1. The summed E-state index contributed by atoms with van der Waals surface area (Å²) in [7, 11) is 1.46. The van der Waals surface area contributed by atoms with Crippen molar-refractivity contribution in [3.63, 3.8) is 0 Å². The molecule has 152 valence electrons. The second kappa shape index (κ2) is 7.39. The van der Waals surface area contributed by atoms with Crippen molar-refractivity contribution in [2.45, 2.75) is 33.1 Å². The van der Waals surface area contributed by atoms with Gasteiger partial charge in [0.1, 0.15) is 21.9 Å². The van der Waals surface area contributed by atoms with Gasteiger partial charge in [0.2, 0.25) is 0 Å². The van der Waals surface area contributed by atoms with Crippen LogP contribution < -0.4 is 15.6 Å². The van der Waals surface area contributed by atoms with Crippen LogP contribution in [0.15, 0.2) is 16.9 Å². The third kappa shape index (κ3) is 3.38. The zero-order valence-electron chi connectivity index (χ0n) is 16.3. The van der Waals surface area contributed by atoms with Gasteiger partial charge in [-0.1, -0.05) is 18.5 Å². The molecule has 0 bridgehead atoms. The van der Waals surface area contributed by atoms with Gasteiger partial charge < -0.3 is 20.1 Å². The van der Waals surface area contributed by atoms with Gasteiger partial charge >= 0.3 is 0 Å². The molecule has 0 spiro atoms. The van der Waals surface area contributed by atoms with Crippen LogP contribution in [0, 0.1) is 12.8 Å². The van der Waals surface area contributed by atoms with E-state index < -0.39 is 11.5 Å². The largest absolute Gasteiger partial charge is 0.506 e. The highest BCUT2D eigenvalue weighted by molar-refractivity contribution is 7.18. The summed E-state index contributed by atoms with van der Waals surface area (Å²) in [6.07, 6.45) is 2.75. The molecule has 0 fully saturated rings. The van der Waals surface area contributed by atoms with Crippen molar-refractivity contribution in [1.82, 2.24) is 4.98 Å². The first-order chi connectivity index (χ1) is 13.8. The van der Waals surface area contributed by atoms with Crippen LogP contribution in [0.4, 0.5) is 5.69 Å². The summed E-state index contributed by atoms with van der Waals surface area (Å²) in [6.45, 7) is 3.99. The standard InChI is InChI=1S/C21H21ClN2O4S/c1-9-4-5-11-15(6-9)29-21-16(11)18(25)17(20(27)24-21)19(26)23-13-7-10(2)12(22)8-14(13)28-3/h7-9H,4-6H2,1-3H3,(H,23,26)(H2,24,25,27)/t9-/m0/s1. The number of aromatic nitrogens is 1. The van der Waals surface area contributed by atoms with Crippen LogP contribution in [0.25, 0.3) is 10.2 Å². The summed E-state index contributed by atoms with van der Waals surface area (Å²) < 4.78 is 5.27. The first-order valence-corrected chi connectivity index (χ1v) is 10.5. The van der Waals surface area contributed by atoms with E-state index >= 15 is 0 Å². The number of ether oxygens (including phenoxy) is 1. The quantitative estimate of drug-likeness (QED) is 0.562. The molecule has 4 rings (SSSR count). The molecule has 0 unspecified atom stereocenters. The fraction of sp³-hybridized carbons (Fsp3) is 0.333. The normalized spacial score (nSPS) is 15.9. The van der Waals surface area contributed by atoms with E-state index in [0.29, 0.717) is 32.6 Å². The molecule has 1 amide bonds. The average Bonchev–Trinajstić information content (AvgIpc) is 3.01. The number of methoxy groups -OCH3 is 1. The van der Waals surface area contributed by atoms with Crippen molar-refractivity contribution < 1.29 is 14.6 Å². The number of rotatable bonds is 3. The Labute approximate surface area is 176 Å². The zero-order valence-corrected chi connectivity index (χ0v) is 17.9. The van der Waals surface area contributed by atoms with E-state index in [-0.39, 0.29) is 11.3 Å². The zero-order chi connectivity index (χ0) is 20.9. The third-order valence-electron chi connectivity index (χ3n) is 5.40. The lowest BCUT2D eigenvalue weighted by Gasteiger charge is -2.18. The number of thiophene rings is 1. The van der Waals surface area contributed by atoms with Gasteiger partial charge in [-0.25, -0.2) is 0 Å². The molecule has 0 saturated carbocycles. The molecular weight excluding hydrogens is 412 g/mol. The van der Waals surface area contributed by atoms with E-state index in [2.05, 4.69) is 17.2 Å². The first-order valence-electron chi connectivity index (χ1n) is 9.35. The minimum Gasteiger partial charge on any atom is -0.506 e. The molecule has 1 aromatic carbocycles. The Kier molecular flexibility index (Phi) is 5.04. The number of halogens is 1. The number of carbonyl (C=O) groups excluding carboxylic acids is 1. The van der Waals surface area contributed by atoms with Crippen molar-refractivity contribution >= 4 is 44.7 Å². The van der Waals surface area contributed by atoms with Gasteiger partial charge in [-0.2, -0.15) is 0 Å². The van der Waals surface area contributed by atoms with Gasteiger partial charge in [0.05, 0.1) is 18.2 Å². The van der Waals surface area contributed by atoms with E-state index in [4.69, 9.17) is 16.3 Å². The smallest absolute Gasteiger partial charge is 0.265 e. The molecule has 2 aromatic heterocycles. The molecule has 0 aliphatic heterocycles. The van der Waals surface area contributed by atoms with Gasteiger partial charge in [-0.3, -0.25) is 9.59 Å². The molecule has 3 aromatic rings. The summed E-state index contributed by atoms with van der Waals surface area (Å²) in [5.41, 5.74) is 1.23. The lowest BCUT2D eigenvalue weighted by atomic mass is 9.89. The summed E-state index contributed by atoms with van der Waals surface area (Å²) in [6, 6.07) is 3.26. The minimum absolute atomic E-state index is 0.266. The molecule has 3 N–H and O–H groups in total. The summed E-state index contributed by atoms with van der Waals surface area (Å²) in [5.74, 6) is -0.0339. The summed E-state index contributed by atoms with van der Waals surface area (Å²) in [5, 5.41) is 14.6. The molecule has 8 heteroatoms. The third-order valence-corrected chi connectivity index (χ3v) is 6.97. The van der Waals surface area contributed by atoms with Crippen LogP contribution in [0.3, 0.4) is 0 Å². The predicted molar refractivity (Wildman–Crippen MR) is 116 cm³/mol. The topological polar surface area (TPSA) is 91.4 Å². The van der Waals surface area contributed by atoms with Crippen LogP contribution in [0.5, 0.6) is 11.5 Å². The second-order valence-corrected chi connectivity index (χ2v) is 9.00. The number of hydrogen-bond acceptors (Lipinski definition) is 5. The van der Waals surface area contributed by atoms with E-state index in [0.717, 1.165) is 35.3 Å². The van der Waals surface area contributed by atoms with Gasteiger partial charge in [-0.15, -0.1) is 11.3 Å². The van der Waals surface area contributed by atoms with Crippen molar-refractivity contribution in [2.75, 3.05) is 12.4 Å². The molecule has 2 heterocycles. The Morgan fingerprint density at radius 1 is 1.41 bits per heavy atom. The Morgan fingerprint density at radius 3 is 2.90 bits per heavy atom.